The maximum atomic E-state index is 13.1. The lowest BCUT2D eigenvalue weighted by Crippen LogP contribution is -2.55. The number of carbonyl (C=O) groups is 1. The number of nitrogens with zero attached hydrogens (tertiary/aromatic N) is 4. The second kappa shape index (κ2) is 10.1. The van der Waals surface area contributed by atoms with Gasteiger partial charge in [0.15, 0.2) is 0 Å². The van der Waals surface area contributed by atoms with Gasteiger partial charge in [0.2, 0.25) is 0 Å². The summed E-state index contributed by atoms with van der Waals surface area (Å²) in [5.74, 6) is -0.287. The highest BCUT2D eigenvalue weighted by atomic mass is 35.5. The normalized spacial score (nSPS) is 18.4. The number of anilines is 2. The molecule has 36 heavy (non-hydrogen) atoms. The summed E-state index contributed by atoms with van der Waals surface area (Å²) < 4.78 is 0. The van der Waals surface area contributed by atoms with Crippen LogP contribution in [-0.2, 0) is 0 Å². The van der Waals surface area contributed by atoms with E-state index in [2.05, 4.69) is 46.0 Å². The van der Waals surface area contributed by atoms with E-state index in [1.807, 2.05) is 36.4 Å². The van der Waals surface area contributed by atoms with Crippen molar-refractivity contribution >= 4 is 51.5 Å². The van der Waals surface area contributed by atoms with Crippen LogP contribution in [0.5, 0.6) is 0 Å². The molecule has 0 bridgehead atoms. The highest BCUT2D eigenvalue weighted by Gasteiger charge is 2.27. The van der Waals surface area contributed by atoms with Crippen molar-refractivity contribution in [3.8, 4) is 11.3 Å². The molecule has 2 atom stereocenters. The smallest absolute Gasteiger partial charge is 0.257 e. The first kappa shape index (κ1) is 24.5. The average molecular weight is 520 g/mol. The largest absolute Gasteiger partial charge is 0.368 e. The van der Waals surface area contributed by atoms with E-state index in [4.69, 9.17) is 23.2 Å². The van der Waals surface area contributed by atoms with Gasteiger partial charge in [-0.15, -0.1) is 0 Å². The number of hydrogen-bond acceptors (Lipinski definition) is 5. The second-order valence-corrected chi connectivity index (χ2v) is 10.1. The van der Waals surface area contributed by atoms with Crippen LogP contribution in [-0.4, -0.2) is 53.0 Å². The third-order valence-electron chi connectivity index (χ3n) is 6.87. The molecule has 0 aliphatic carbocycles. The highest BCUT2D eigenvalue weighted by Crippen LogP contribution is 2.31. The molecule has 5 rings (SSSR count). The van der Waals surface area contributed by atoms with E-state index in [9.17, 15) is 4.79 Å². The van der Waals surface area contributed by atoms with Gasteiger partial charge in [-0.1, -0.05) is 35.3 Å². The summed E-state index contributed by atoms with van der Waals surface area (Å²) >= 11 is 13.1. The predicted molar refractivity (Wildman–Crippen MR) is 148 cm³/mol. The first-order valence-corrected chi connectivity index (χ1v) is 12.7. The number of carbonyl (C=O) groups excluding carboxylic acids is 1. The molecule has 184 valence electrons. The van der Waals surface area contributed by atoms with Crippen molar-refractivity contribution < 1.29 is 4.79 Å². The van der Waals surface area contributed by atoms with E-state index < -0.39 is 0 Å². The molecule has 4 aromatic rings. The molecule has 1 saturated heterocycles. The molecule has 0 unspecified atom stereocenters. The minimum absolute atomic E-state index is 0.287. The number of nitrogens with one attached hydrogen (secondary N) is 1. The van der Waals surface area contributed by atoms with Gasteiger partial charge >= 0.3 is 0 Å². The third kappa shape index (κ3) is 4.89. The van der Waals surface area contributed by atoms with Gasteiger partial charge in [0.05, 0.1) is 38.5 Å². The number of amides is 1. The molecule has 1 aromatic heterocycles. The molecule has 0 radical (unpaired) electrons. The van der Waals surface area contributed by atoms with Gasteiger partial charge in [0.1, 0.15) is 0 Å². The van der Waals surface area contributed by atoms with Crippen LogP contribution in [0, 0.1) is 0 Å². The zero-order valence-electron chi connectivity index (χ0n) is 20.4. The summed E-state index contributed by atoms with van der Waals surface area (Å²) in [5.41, 5.74) is 4.93. The third-order valence-corrected chi connectivity index (χ3v) is 7.51. The predicted octanol–water partition coefficient (Wildman–Crippen LogP) is 6.38. The molecule has 1 N–H and O–H groups in total. The molecule has 0 saturated carbocycles. The standard InChI is InChI=1S/C28H27Cl2N5O/c1-17-15-35(16-18(2)34(17)3)20-9-10-21(24(30)13-20)28(36)32-19-8-11-23(29)22(12-19)27-14-31-25-6-4-5-7-26(25)33-27/h4-14,17-18H,15-16H2,1-3H3,(H,32,36)/t17-,18+. The number of fused-ring (bicyclic) bond motifs is 1. The lowest BCUT2D eigenvalue weighted by Gasteiger charge is -2.43. The number of benzene rings is 3. The Labute approximate surface area is 220 Å². The lowest BCUT2D eigenvalue weighted by molar-refractivity contribution is 0.102. The van der Waals surface area contributed by atoms with Crippen LogP contribution in [0.15, 0.2) is 66.9 Å². The summed E-state index contributed by atoms with van der Waals surface area (Å²) in [6.45, 7) is 6.26. The Hall–Kier alpha value is -3.19. The van der Waals surface area contributed by atoms with Crippen LogP contribution < -0.4 is 10.2 Å². The molecular weight excluding hydrogens is 493 g/mol. The number of rotatable bonds is 4. The maximum absolute atomic E-state index is 13.1. The van der Waals surface area contributed by atoms with E-state index >= 15 is 0 Å². The summed E-state index contributed by atoms with van der Waals surface area (Å²) in [6.07, 6.45) is 1.69. The molecule has 6 nitrogen and oxygen atoms in total. The van der Waals surface area contributed by atoms with Crippen molar-refractivity contribution in [2.75, 3.05) is 30.4 Å². The Kier molecular flexibility index (Phi) is 6.84. The van der Waals surface area contributed by atoms with Crippen LogP contribution >= 0.6 is 23.2 Å². The molecule has 2 heterocycles. The Bertz CT molecular complexity index is 1430. The number of likely N-dealkylation sites (N-methyl/N-ethyl adjacent to an activating group) is 1. The summed E-state index contributed by atoms with van der Waals surface area (Å²) in [4.78, 5) is 27.0. The van der Waals surface area contributed by atoms with Crippen LogP contribution in [0.25, 0.3) is 22.3 Å². The van der Waals surface area contributed by atoms with Gasteiger partial charge in [-0.2, -0.15) is 0 Å². The van der Waals surface area contributed by atoms with Crippen molar-refractivity contribution in [2.24, 2.45) is 0 Å². The van der Waals surface area contributed by atoms with Crippen LogP contribution in [0.1, 0.15) is 24.2 Å². The molecule has 0 spiro atoms. The maximum Gasteiger partial charge on any atom is 0.257 e. The number of hydrogen-bond donors (Lipinski definition) is 1. The number of para-hydroxylation sites is 2. The fraction of sp³-hybridized carbons (Fsp3) is 0.250. The van der Waals surface area contributed by atoms with Gasteiger partial charge in [0, 0.05) is 42.1 Å². The summed E-state index contributed by atoms with van der Waals surface area (Å²) in [6, 6.07) is 19.4. The van der Waals surface area contributed by atoms with Gasteiger partial charge in [-0.05, 0) is 69.4 Å². The molecule has 1 amide bonds. The quantitative estimate of drug-likeness (QED) is 0.338. The average Bonchev–Trinajstić information content (AvgIpc) is 2.87. The Morgan fingerprint density at radius 2 is 1.67 bits per heavy atom. The summed E-state index contributed by atoms with van der Waals surface area (Å²) in [7, 11) is 2.15. The number of piperazine rings is 1. The van der Waals surface area contributed by atoms with E-state index in [1.165, 1.54) is 0 Å². The molecule has 8 heteroatoms. The zero-order chi connectivity index (χ0) is 25.4. The van der Waals surface area contributed by atoms with E-state index in [0.717, 1.165) is 29.8 Å². The Morgan fingerprint density at radius 1 is 0.944 bits per heavy atom. The molecule has 1 fully saturated rings. The van der Waals surface area contributed by atoms with Crippen LogP contribution in [0.3, 0.4) is 0 Å². The first-order chi connectivity index (χ1) is 17.3. The monoisotopic (exact) mass is 519 g/mol. The van der Waals surface area contributed by atoms with Crippen molar-refractivity contribution in [3.63, 3.8) is 0 Å². The highest BCUT2D eigenvalue weighted by molar-refractivity contribution is 6.35. The SMILES string of the molecule is C[C@@H]1CN(c2ccc(C(=O)Nc3ccc(Cl)c(-c4cnc5ccccc5n4)c3)c(Cl)c2)C[C@H](C)N1C. The fourth-order valence-electron chi connectivity index (χ4n) is 4.58. The molecule has 1 aliphatic heterocycles. The number of halogens is 2. The summed E-state index contributed by atoms with van der Waals surface area (Å²) in [5, 5.41) is 3.88. The van der Waals surface area contributed by atoms with Gasteiger partial charge in [0.25, 0.3) is 5.91 Å². The minimum atomic E-state index is -0.287. The van der Waals surface area contributed by atoms with E-state index in [1.54, 1.807) is 30.5 Å². The topological polar surface area (TPSA) is 61.4 Å². The van der Waals surface area contributed by atoms with Crippen molar-refractivity contribution in [1.82, 2.24) is 14.9 Å². The van der Waals surface area contributed by atoms with Crippen molar-refractivity contribution in [2.45, 2.75) is 25.9 Å². The lowest BCUT2D eigenvalue weighted by atomic mass is 10.1. The van der Waals surface area contributed by atoms with E-state index in [-0.39, 0.29) is 5.91 Å². The zero-order valence-corrected chi connectivity index (χ0v) is 21.9. The minimum Gasteiger partial charge on any atom is -0.368 e. The first-order valence-electron chi connectivity index (χ1n) is 11.9. The van der Waals surface area contributed by atoms with Gasteiger partial charge in [-0.3, -0.25) is 14.7 Å². The fourth-order valence-corrected chi connectivity index (χ4v) is 5.06. The van der Waals surface area contributed by atoms with Crippen LogP contribution in [0.4, 0.5) is 11.4 Å². The van der Waals surface area contributed by atoms with Crippen molar-refractivity contribution in [3.05, 3.63) is 82.5 Å². The molecular formula is C28H27Cl2N5O. The second-order valence-electron chi connectivity index (χ2n) is 9.33. The molecule has 3 aromatic carbocycles. The van der Waals surface area contributed by atoms with Gasteiger partial charge in [-0.25, -0.2) is 4.98 Å². The van der Waals surface area contributed by atoms with E-state index in [0.29, 0.717) is 44.6 Å². The van der Waals surface area contributed by atoms with Crippen LogP contribution in [0.2, 0.25) is 10.0 Å². The Morgan fingerprint density at radius 3 is 2.39 bits per heavy atom. The number of aromatic nitrogens is 2. The van der Waals surface area contributed by atoms with Gasteiger partial charge < -0.3 is 10.2 Å². The van der Waals surface area contributed by atoms with Crippen molar-refractivity contribution in [1.29, 1.82) is 0 Å². The molecule has 1 aliphatic rings. The Balaban J connectivity index is 1.36.